The molecule has 7 heteroatoms. The van der Waals surface area contributed by atoms with Crippen molar-refractivity contribution in [1.29, 1.82) is 0 Å². The van der Waals surface area contributed by atoms with Crippen molar-refractivity contribution in [3.63, 3.8) is 0 Å². The van der Waals surface area contributed by atoms with Gasteiger partial charge < -0.3 is 20.7 Å². The van der Waals surface area contributed by atoms with E-state index >= 15 is 0 Å². The number of aryl methyl sites for hydroxylation is 2. The van der Waals surface area contributed by atoms with Crippen molar-refractivity contribution in [1.82, 2.24) is 9.78 Å². The van der Waals surface area contributed by atoms with E-state index in [4.69, 9.17) is 15.6 Å². The van der Waals surface area contributed by atoms with Crippen LogP contribution >= 0.6 is 0 Å². The normalized spacial score (nSPS) is 15.0. The predicted octanol–water partition coefficient (Wildman–Crippen LogP) is 4.09. The fourth-order valence-corrected chi connectivity index (χ4v) is 4.63. The lowest BCUT2D eigenvalue weighted by molar-refractivity contribution is -0.136. The molecule has 0 spiro atoms. The summed E-state index contributed by atoms with van der Waals surface area (Å²) in [6.45, 7) is 0. The number of nitrogens with two attached hydrogens (primary N) is 1. The average Bonchev–Trinajstić information content (AvgIpc) is 3.37. The molecule has 3 aromatic carbocycles. The first-order chi connectivity index (χ1) is 15.9. The van der Waals surface area contributed by atoms with Crippen LogP contribution in [0.4, 0.5) is 5.69 Å². The first-order valence-electron chi connectivity index (χ1n) is 10.9. The topological polar surface area (TPSA) is 111 Å². The molecule has 1 unspecified atom stereocenters. The van der Waals surface area contributed by atoms with Gasteiger partial charge in [-0.05, 0) is 53.4 Å². The van der Waals surface area contributed by atoms with Gasteiger partial charge in [-0.3, -0.25) is 9.48 Å². The number of fused-ring (bicyclic) bond motifs is 2. The second-order valence-electron chi connectivity index (χ2n) is 8.56. The van der Waals surface area contributed by atoms with Crippen molar-refractivity contribution in [2.45, 2.75) is 31.8 Å². The molecule has 1 aromatic heterocycles. The molecule has 168 valence electrons. The van der Waals surface area contributed by atoms with Crippen molar-refractivity contribution in [3.05, 3.63) is 71.4 Å². The molecule has 0 fully saturated rings. The van der Waals surface area contributed by atoms with Crippen LogP contribution in [0.5, 0.6) is 11.5 Å². The second kappa shape index (κ2) is 8.16. The van der Waals surface area contributed by atoms with Crippen LogP contribution in [0.1, 0.15) is 23.1 Å². The molecular weight excluding hydrogens is 418 g/mol. The SMILES string of the molecule is Cn1ncc2cc(-c3cc(CCC(=O)O)cc(N)c3OC3Cc4cccc(O)c4C3)ccc21. The fourth-order valence-electron chi connectivity index (χ4n) is 4.63. The van der Waals surface area contributed by atoms with Crippen LogP contribution in [-0.2, 0) is 31.1 Å². The van der Waals surface area contributed by atoms with E-state index < -0.39 is 5.97 Å². The highest BCUT2D eigenvalue weighted by Crippen LogP contribution is 2.40. The summed E-state index contributed by atoms with van der Waals surface area (Å²) >= 11 is 0. The lowest BCUT2D eigenvalue weighted by Gasteiger charge is -2.20. The van der Waals surface area contributed by atoms with Gasteiger partial charge in [-0.2, -0.15) is 5.10 Å². The number of phenolic OH excluding ortho intramolecular Hbond substituents is 1. The van der Waals surface area contributed by atoms with Gasteiger partial charge in [-0.1, -0.05) is 18.2 Å². The second-order valence-corrected chi connectivity index (χ2v) is 8.56. The zero-order valence-electron chi connectivity index (χ0n) is 18.3. The van der Waals surface area contributed by atoms with Crippen molar-refractivity contribution >= 4 is 22.6 Å². The van der Waals surface area contributed by atoms with Crippen LogP contribution in [0.15, 0.2) is 54.7 Å². The molecule has 4 aromatic rings. The molecule has 1 atom stereocenters. The van der Waals surface area contributed by atoms with Gasteiger partial charge in [-0.15, -0.1) is 0 Å². The van der Waals surface area contributed by atoms with Crippen LogP contribution in [0.25, 0.3) is 22.0 Å². The number of carboxylic acids is 1. The number of aliphatic carboxylic acids is 1. The number of benzene rings is 3. The van der Waals surface area contributed by atoms with Gasteiger partial charge in [0, 0.05) is 42.8 Å². The number of rotatable bonds is 6. The van der Waals surface area contributed by atoms with Gasteiger partial charge in [0.2, 0.25) is 0 Å². The van der Waals surface area contributed by atoms with E-state index in [9.17, 15) is 9.90 Å². The standard InChI is InChI=1S/C26H25N3O4/c1-29-23-7-6-17(11-18(23)14-28-29)21-9-15(5-8-25(31)32)10-22(27)26(21)33-19-12-16-3-2-4-24(30)20(16)13-19/h2-4,6-7,9-11,14,19,30H,5,8,12-13,27H2,1H3,(H,31,32). The minimum absolute atomic E-state index is 0.0257. The van der Waals surface area contributed by atoms with Crippen LogP contribution in [0.2, 0.25) is 0 Å². The molecular formula is C26H25N3O4. The molecule has 0 saturated heterocycles. The van der Waals surface area contributed by atoms with Crippen molar-refractivity contribution < 1.29 is 19.7 Å². The molecule has 5 rings (SSSR count). The van der Waals surface area contributed by atoms with Gasteiger partial charge in [0.25, 0.3) is 0 Å². The number of anilines is 1. The van der Waals surface area contributed by atoms with Gasteiger partial charge in [0.05, 0.1) is 17.4 Å². The number of ether oxygens (including phenoxy) is 1. The molecule has 0 aliphatic heterocycles. The van der Waals surface area contributed by atoms with Gasteiger partial charge >= 0.3 is 5.97 Å². The van der Waals surface area contributed by atoms with E-state index in [0.29, 0.717) is 30.7 Å². The van der Waals surface area contributed by atoms with Gasteiger partial charge in [-0.25, -0.2) is 0 Å². The first kappa shape index (κ1) is 20.9. The third-order valence-corrected chi connectivity index (χ3v) is 6.27. The van der Waals surface area contributed by atoms with Gasteiger partial charge in [0.15, 0.2) is 0 Å². The average molecular weight is 444 g/mol. The van der Waals surface area contributed by atoms with Crippen molar-refractivity contribution in [3.8, 4) is 22.6 Å². The molecule has 4 N–H and O–H groups in total. The summed E-state index contributed by atoms with van der Waals surface area (Å²) in [5, 5.41) is 24.6. The number of carbonyl (C=O) groups is 1. The Bertz CT molecular complexity index is 1380. The van der Waals surface area contributed by atoms with Crippen molar-refractivity contribution in [2.75, 3.05) is 5.73 Å². The molecule has 1 aliphatic rings. The lowest BCUT2D eigenvalue weighted by Crippen LogP contribution is -2.18. The minimum Gasteiger partial charge on any atom is -0.508 e. The zero-order chi connectivity index (χ0) is 23.1. The summed E-state index contributed by atoms with van der Waals surface area (Å²) in [5.74, 6) is 0.0169. The molecule has 1 aliphatic carbocycles. The largest absolute Gasteiger partial charge is 0.508 e. The number of nitrogens with zero attached hydrogens (tertiary/aromatic N) is 2. The van der Waals surface area contributed by atoms with E-state index in [1.807, 2.05) is 54.3 Å². The summed E-state index contributed by atoms with van der Waals surface area (Å²) < 4.78 is 8.27. The Hall–Kier alpha value is -4.00. The summed E-state index contributed by atoms with van der Waals surface area (Å²) in [4.78, 5) is 11.1. The Kier molecular flexibility index (Phi) is 5.17. The number of aromatic nitrogens is 2. The minimum atomic E-state index is -0.851. The Morgan fingerprint density at radius 3 is 2.85 bits per heavy atom. The maximum atomic E-state index is 11.1. The maximum absolute atomic E-state index is 11.1. The van der Waals surface area contributed by atoms with Gasteiger partial charge in [0.1, 0.15) is 17.6 Å². The monoisotopic (exact) mass is 443 g/mol. The zero-order valence-corrected chi connectivity index (χ0v) is 18.3. The number of aromatic hydroxyl groups is 1. The van der Waals surface area contributed by atoms with E-state index in [-0.39, 0.29) is 18.3 Å². The smallest absolute Gasteiger partial charge is 0.303 e. The van der Waals surface area contributed by atoms with E-state index in [0.717, 1.165) is 38.7 Å². The molecule has 0 saturated carbocycles. The molecule has 0 bridgehead atoms. The number of nitrogen functional groups attached to an aromatic ring is 1. The third-order valence-electron chi connectivity index (χ3n) is 6.27. The molecule has 0 amide bonds. The highest BCUT2D eigenvalue weighted by atomic mass is 16.5. The Morgan fingerprint density at radius 2 is 2.06 bits per heavy atom. The van der Waals surface area contributed by atoms with Crippen LogP contribution < -0.4 is 10.5 Å². The third kappa shape index (κ3) is 3.98. The maximum Gasteiger partial charge on any atom is 0.303 e. The van der Waals surface area contributed by atoms with E-state index in [1.54, 1.807) is 12.1 Å². The summed E-state index contributed by atoms with van der Waals surface area (Å²) in [6, 6.07) is 15.4. The fraction of sp³-hybridized carbons (Fsp3) is 0.231. The summed E-state index contributed by atoms with van der Waals surface area (Å²) in [7, 11) is 1.90. The number of hydrogen-bond acceptors (Lipinski definition) is 5. The quantitative estimate of drug-likeness (QED) is 0.387. The van der Waals surface area contributed by atoms with Crippen LogP contribution in [0, 0.1) is 0 Å². The van der Waals surface area contributed by atoms with Crippen LogP contribution in [0.3, 0.4) is 0 Å². The molecule has 0 radical (unpaired) electrons. The Balaban J connectivity index is 1.54. The molecule has 1 heterocycles. The first-order valence-corrected chi connectivity index (χ1v) is 10.9. The summed E-state index contributed by atoms with van der Waals surface area (Å²) in [5.41, 5.74) is 12.5. The summed E-state index contributed by atoms with van der Waals surface area (Å²) in [6.07, 6.45) is 3.35. The Labute approximate surface area is 191 Å². The highest BCUT2D eigenvalue weighted by molar-refractivity contribution is 5.87. The number of hydrogen-bond donors (Lipinski definition) is 3. The number of carboxylic acid groups (broad SMARTS) is 1. The molecule has 7 nitrogen and oxygen atoms in total. The lowest BCUT2D eigenvalue weighted by atomic mass is 9.97. The predicted molar refractivity (Wildman–Crippen MR) is 126 cm³/mol. The Morgan fingerprint density at radius 1 is 1.21 bits per heavy atom. The highest BCUT2D eigenvalue weighted by Gasteiger charge is 2.27. The van der Waals surface area contributed by atoms with Crippen LogP contribution in [-0.4, -0.2) is 32.1 Å². The number of phenols is 1. The molecule has 33 heavy (non-hydrogen) atoms. The van der Waals surface area contributed by atoms with Crippen molar-refractivity contribution in [2.24, 2.45) is 7.05 Å². The van der Waals surface area contributed by atoms with E-state index in [2.05, 4.69) is 5.10 Å². The van der Waals surface area contributed by atoms with E-state index in [1.165, 1.54) is 0 Å².